The molecule has 0 aliphatic rings. The van der Waals surface area contributed by atoms with Gasteiger partial charge in [-0.3, -0.25) is 9.48 Å². The molecule has 0 unspecified atom stereocenters. The third-order valence-corrected chi connectivity index (χ3v) is 5.00. The molecule has 0 saturated carbocycles. The van der Waals surface area contributed by atoms with Crippen LogP contribution in [0.1, 0.15) is 21.5 Å². The molecule has 146 valence electrons. The summed E-state index contributed by atoms with van der Waals surface area (Å²) in [6, 6.07) is 24.2. The van der Waals surface area contributed by atoms with Crippen LogP contribution >= 0.6 is 11.6 Å². The van der Waals surface area contributed by atoms with E-state index in [1.54, 1.807) is 30.5 Å². The van der Waals surface area contributed by atoms with Gasteiger partial charge in [-0.2, -0.15) is 10.4 Å². The largest absolute Gasteiger partial charge is 0.322 e. The minimum atomic E-state index is -0.244. The Morgan fingerprint density at radius 2 is 1.87 bits per heavy atom. The van der Waals surface area contributed by atoms with Gasteiger partial charge in [0.05, 0.1) is 17.1 Å². The van der Waals surface area contributed by atoms with Gasteiger partial charge in [0.15, 0.2) is 0 Å². The summed E-state index contributed by atoms with van der Waals surface area (Å²) in [7, 11) is 0. The number of nitrogens with zero attached hydrogens (tertiary/aromatic N) is 3. The lowest BCUT2D eigenvalue weighted by Gasteiger charge is -2.12. The van der Waals surface area contributed by atoms with Crippen LogP contribution in [0.4, 0.5) is 5.69 Å². The fourth-order valence-corrected chi connectivity index (χ4v) is 3.41. The van der Waals surface area contributed by atoms with Gasteiger partial charge >= 0.3 is 0 Å². The van der Waals surface area contributed by atoms with Gasteiger partial charge in [0.1, 0.15) is 6.07 Å². The van der Waals surface area contributed by atoms with Crippen molar-refractivity contribution in [1.82, 2.24) is 9.78 Å². The van der Waals surface area contributed by atoms with Crippen LogP contribution in [0.5, 0.6) is 0 Å². The Kier molecular flexibility index (Phi) is 5.60. The summed E-state index contributed by atoms with van der Waals surface area (Å²) in [4.78, 5) is 12.9. The van der Waals surface area contributed by atoms with Crippen molar-refractivity contribution in [2.45, 2.75) is 6.54 Å². The Morgan fingerprint density at radius 3 is 2.57 bits per heavy atom. The zero-order valence-electron chi connectivity index (χ0n) is 15.9. The fourth-order valence-electron chi connectivity index (χ4n) is 3.19. The Bertz CT molecular complexity index is 1230. The quantitative estimate of drug-likeness (QED) is 0.478. The van der Waals surface area contributed by atoms with E-state index in [0.717, 1.165) is 16.7 Å². The number of amides is 1. The van der Waals surface area contributed by atoms with E-state index in [2.05, 4.69) is 10.4 Å². The second-order valence-electron chi connectivity index (χ2n) is 6.71. The lowest BCUT2D eigenvalue weighted by Crippen LogP contribution is -2.13. The van der Waals surface area contributed by atoms with Gasteiger partial charge in [0.25, 0.3) is 5.91 Å². The molecule has 0 spiro atoms. The molecule has 4 rings (SSSR count). The number of halogens is 1. The maximum Gasteiger partial charge on any atom is 0.256 e. The molecule has 4 aromatic rings. The highest BCUT2D eigenvalue weighted by Gasteiger charge is 2.13. The first kappa shape index (κ1) is 19.4. The Hall–Kier alpha value is -3.88. The molecule has 0 aliphatic heterocycles. The average molecular weight is 413 g/mol. The zero-order chi connectivity index (χ0) is 20.9. The Morgan fingerprint density at radius 1 is 1.07 bits per heavy atom. The van der Waals surface area contributed by atoms with Crippen molar-refractivity contribution in [3.05, 3.63) is 107 Å². The second-order valence-corrected chi connectivity index (χ2v) is 7.11. The van der Waals surface area contributed by atoms with Crippen molar-refractivity contribution in [3.8, 4) is 17.2 Å². The number of nitriles is 1. The summed E-state index contributed by atoms with van der Waals surface area (Å²) in [6.45, 7) is 0.689. The van der Waals surface area contributed by atoms with Gasteiger partial charge in [0, 0.05) is 23.6 Å². The molecule has 0 saturated heterocycles. The van der Waals surface area contributed by atoms with Crippen LogP contribution in [-0.4, -0.2) is 15.7 Å². The van der Waals surface area contributed by atoms with Crippen molar-refractivity contribution in [2.24, 2.45) is 0 Å². The van der Waals surface area contributed by atoms with Crippen molar-refractivity contribution in [2.75, 3.05) is 5.32 Å². The van der Waals surface area contributed by atoms with E-state index in [9.17, 15) is 4.79 Å². The predicted octanol–water partition coefficient (Wildman–Crippen LogP) is 5.38. The topological polar surface area (TPSA) is 70.7 Å². The number of aromatic nitrogens is 2. The summed E-state index contributed by atoms with van der Waals surface area (Å²) in [6.07, 6.45) is 3.67. The number of nitrogens with one attached hydrogen (secondary N) is 1. The van der Waals surface area contributed by atoms with E-state index in [4.69, 9.17) is 16.9 Å². The van der Waals surface area contributed by atoms with E-state index in [1.807, 2.05) is 65.5 Å². The fraction of sp³-hybridized carbons (Fsp3) is 0.0417. The number of anilines is 1. The summed E-state index contributed by atoms with van der Waals surface area (Å²) >= 11 is 6.07. The Labute approximate surface area is 179 Å². The first-order chi connectivity index (χ1) is 14.6. The van der Waals surface area contributed by atoms with Crippen LogP contribution in [0.2, 0.25) is 5.02 Å². The smallest absolute Gasteiger partial charge is 0.256 e. The molecule has 1 N–H and O–H groups in total. The highest BCUT2D eigenvalue weighted by Crippen LogP contribution is 2.26. The molecular weight excluding hydrogens is 396 g/mol. The highest BCUT2D eigenvalue weighted by molar-refractivity contribution is 6.32. The molecule has 3 aromatic carbocycles. The van der Waals surface area contributed by atoms with Crippen LogP contribution in [0, 0.1) is 11.3 Å². The number of carbonyl (C=O) groups is 1. The van der Waals surface area contributed by atoms with Gasteiger partial charge in [-0.15, -0.1) is 0 Å². The monoisotopic (exact) mass is 412 g/mol. The lowest BCUT2D eigenvalue weighted by molar-refractivity contribution is 0.102. The van der Waals surface area contributed by atoms with Crippen LogP contribution in [-0.2, 0) is 6.54 Å². The summed E-state index contributed by atoms with van der Waals surface area (Å²) in [5.74, 6) is -0.244. The molecule has 0 radical (unpaired) electrons. The number of rotatable bonds is 5. The summed E-state index contributed by atoms with van der Waals surface area (Å²) < 4.78 is 1.86. The van der Waals surface area contributed by atoms with E-state index in [0.29, 0.717) is 28.4 Å². The van der Waals surface area contributed by atoms with E-state index in [1.165, 1.54) is 0 Å². The van der Waals surface area contributed by atoms with Crippen molar-refractivity contribution in [3.63, 3.8) is 0 Å². The standard InChI is InChI=1S/C24H17ClN4O/c25-23-14-20(11-10-19(23)15-26)28-24(30)22-5-2-1-4-21(22)18-8-6-17(7-9-18)16-29-13-3-12-27-29/h1-14H,16H2,(H,28,30). The third-order valence-electron chi connectivity index (χ3n) is 4.69. The lowest BCUT2D eigenvalue weighted by atomic mass is 9.98. The van der Waals surface area contributed by atoms with Crippen molar-refractivity contribution < 1.29 is 4.79 Å². The molecule has 30 heavy (non-hydrogen) atoms. The number of benzene rings is 3. The van der Waals surface area contributed by atoms with E-state index in [-0.39, 0.29) is 5.91 Å². The molecule has 0 aliphatic carbocycles. The second kappa shape index (κ2) is 8.64. The first-order valence-electron chi connectivity index (χ1n) is 9.31. The minimum Gasteiger partial charge on any atom is -0.322 e. The van der Waals surface area contributed by atoms with Crippen LogP contribution in [0.25, 0.3) is 11.1 Å². The van der Waals surface area contributed by atoms with Gasteiger partial charge in [0.2, 0.25) is 0 Å². The number of hydrogen-bond donors (Lipinski definition) is 1. The zero-order valence-corrected chi connectivity index (χ0v) is 16.7. The van der Waals surface area contributed by atoms with Crippen molar-refractivity contribution >= 4 is 23.2 Å². The average Bonchev–Trinajstić information content (AvgIpc) is 3.27. The van der Waals surface area contributed by atoms with E-state index < -0.39 is 0 Å². The molecule has 0 fully saturated rings. The first-order valence-corrected chi connectivity index (χ1v) is 9.68. The number of carbonyl (C=O) groups excluding carboxylic acids is 1. The van der Waals surface area contributed by atoms with Gasteiger partial charge in [-0.05, 0) is 47.0 Å². The van der Waals surface area contributed by atoms with Gasteiger partial charge < -0.3 is 5.32 Å². The molecule has 1 aromatic heterocycles. The van der Waals surface area contributed by atoms with Crippen LogP contribution in [0.3, 0.4) is 0 Å². The molecule has 0 bridgehead atoms. The predicted molar refractivity (Wildman–Crippen MR) is 117 cm³/mol. The molecule has 0 atom stereocenters. The molecule has 1 heterocycles. The third kappa shape index (κ3) is 4.24. The van der Waals surface area contributed by atoms with Crippen molar-refractivity contribution in [1.29, 1.82) is 5.26 Å². The molecule has 1 amide bonds. The normalized spacial score (nSPS) is 10.4. The maximum atomic E-state index is 12.9. The molecule has 6 heteroatoms. The Balaban J connectivity index is 1.57. The SMILES string of the molecule is N#Cc1ccc(NC(=O)c2ccccc2-c2ccc(Cn3cccn3)cc2)cc1Cl. The van der Waals surface area contributed by atoms with Crippen LogP contribution < -0.4 is 5.32 Å². The highest BCUT2D eigenvalue weighted by atomic mass is 35.5. The minimum absolute atomic E-state index is 0.244. The maximum absolute atomic E-state index is 12.9. The van der Waals surface area contributed by atoms with Gasteiger partial charge in [-0.1, -0.05) is 54.1 Å². The molecular formula is C24H17ClN4O. The van der Waals surface area contributed by atoms with E-state index >= 15 is 0 Å². The summed E-state index contributed by atoms with van der Waals surface area (Å²) in [5, 5.41) is 16.4. The number of hydrogen-bond acceptors (Lipinski definition) is 3. The van der Waals surface area contributed by atoms with Crippen LogP contribution in [0.15, 0.2) is 85.2 Å². The van der Waals surface area contributed by atoms with Gasteiger partial charge in [-0.25, -0.2) is 0 Å². The molecule has 5 nitrogen and oxygen atoms in total. The summed E-state index contributed by atoms with van der Waals surface area (Å²) in [5.41, 5.74) is 4.36.